The predicted molar refractivity (Wildman–Crippen MR) is 99.3 cm³/mol. The number of hydrogen-bond donors (Lipinski definition) is 1. The van der Waals surface area contributed by atoms with Gasteiger partial charge in [0, 0.05) is 18.3 Å². The number of hydrogen-bond acceptors (Lipinski definition) is 2. The summed E-state index contributed by atoms with van der Waals surface area (Å²) in [4.78, 5) is 14.6. The molecule has 1 N–H and O–H groups in total. The van der Waals surface area contributed by atoms with Crippen LogP contribution in [-0.4, -0.2) is 25.0 Å². The number of carbonyl (C=O) groups excluding carboxylic acids is 1. The second-order valence-electron chi connectivity index (χ2n) is 6.58. The minimum atomic E-state index is 0.117. The van der Waals surface area contributed by atoms with Gasteiger partial charge in [0.2, 0.25) is 5.91 Å². The Balaban J connectivity index is 1.48. The molecule has 0 fully saturated rings. The SMILES string of the molecule is C[C@H]1CCc2ccccc2N1CC(=O)NCCCc1ccccc1. The van der Waals surface area contributed by atoms with Gasteiger partial charge in [-0.2, -0.15) is 0 Å². The third kappa shape index (κ3) is 4.16. The molecule has 1 aliphatic rings. The molecule has 1 heterocycles. The molecule has 126 valence electrons. The summed E-state index contributed by atoms with van der Waals surface area (Å²) in [5, 5.41) is 3.07. The molecule has 2 aromatic rings. The summed E-state index contributed by atoms with van der Waals surface area (Å²) < 4.78 is 0. The summed E-state index contributed by atoms with van der Waals surface area (Å²) in [6.07, 6.45) is 4.19. The van der Waals surface area contributed by atoms with Crippen LogP contribution in [0.5, 0.6) is 0 Å². The van der Waals surface area contributed by atoms with Crippen molar-refractivity contribution >= 4 is 11.6 Å². The third-order valence-corrected chi connectivity index (χ3v) is 4.79. The van der Waals surface area contributed by atoms with Gasteiger partial charge < -0.3 is 10.2 Å². The Hall–Kier alpha value is -2.29. The normalized spacial score (nSPS) is 16.5. The quantitative estimate of drug-likeness (QED) is 0.825. The maximum atomic E-state index is 12.3. The number of carbonyl (C=O) groups is 1. The van der Waals surface area contributed by atoms with E-state index in [1.54, 1.807) is 0 Å². The van der Waals surface area contributed by atoms with Gasteiger partial charge in [-0.1, -0.05) is 48.5 Å². The second kappa shape index (κ2) is 8.00. The number of amides is 1. The van der Waals surface area contributed by atoms with Crippen LogP contribution in [0.2, 0.25) is 0 Å². The van der Waals surface area contributed by atoms with E-state index < -0.39 is 0 Å². The smallest absolute Gasteiger partial charge is 0.239 e. The molecular weight excluding hydrogens is 296 g/mol. The molecule has 0 saturated heterocycles. The Morgan fingerprint density at radius 2 is 1.88 bits per heavy atom. The Labute approximate surface area is 144 Å². The van der Waals surface area contributed by atoms with Gasteiger partial charge in [-0.25, -0.2) is 0 Å². The van der Waals surface area contributed by atoms with E-state index in [-0.39, 0.29) is 5.91 Å². The number of benzene rings is 2. The summed E-state index contributed by atoms with van der Waals surface area (Å²) in [6.45, 7) is 3.39. The zero-order valence-corrected chi connectivity index (χ0v) is 14.4. The first-order valence-corrected chi connectivity index (χ1v) is 8.89. The van der Waals surface area contributed by atoms with Crippen LogP contribution < -0.4 is 10.2 Å². The van der Waals surface area contributed by atoms with Crippen LogP contribution in [0.3, 0.4) is 0 Å². The fourth-order valence-corrected chi connectivity index (χ4v) is 3.38. The third-order valence-electron chi connectivity index (χ3n) is 4.79. The highest BCUT2D eigenvalue weighted by atomic mass is 16.2. The maximum Gasteiger partial charge on any atom is 0.239 e. The number of nitrogens with one attached hydrogen (secondary N) is 1. The molecule has 0 bridgehead atoms. The molecule has 2 aromatic carbocycles. The van der Waals surface area contributed by atoms with Gasteiger partial charge in [-0.15, -0.1) is 0 Å². The van der Waals surface area contributed by atoms with Crippen molar-refractivity contribution < 1.29 is 4.79 Å². The zero-order valence-electron chi connectivity index (χ0n) is 14.4. The molecule has 3 heteroatoms. The lowest BCUT2D eigenvalue weighted by molar-refractivity contribution is -0.119. The van der Waals surface area contributed by atoms with Crippen LogP contribution >= 0.6 is 0 Å². The average molecular weight is 322 g/mol. The minimum Gasteiger partial charge on any atom is -0.359 e. The van der Waals surface area contributed by atoms with E-state index in [0.717, 1.165) is 32.2 Å². The second-order valence-corrected chi connectivity index (χ2v) is 6.58. The number of aryl methyl sites for hydroxylation is 2. The van der Waals surface area contributed by atoms with Gasteiger partial charge in [0.25, 0.3) is 0 Å². The Morgan fingerprint density at radius 3 is 2.71 bits per heavy atom. The van der Waals surface area contributed by atoms with E-state index in [0.29, 0.717) is 12.6 Å². The molecule has 1 atom stereocenters. The van der Waals surface area contributed by atoms with Crippen molar-refractivity contribution in [2.24, 2.45) is 0 Å². The van der Waals surface area contributed by atoms with Gasteiger partial charge >= 0.3 is 0 Å². The molecule has 0 aliphatic carbocycles. The highest BCUT2D eigenvalue weighted by molar-refractivity contribution is 5.82. The van der Waals surface area contributed by atoms with Gasteiger partial charge in [0.1, 0.15) is 0 Å². The Morgan fingerprint density at radius 1 is 1.12 bits per heavy atom. The summed E-state index contributed by atoms with van der Waals surface area (Å²) in [5.41, 5.74) is 3.90. The molecule has 0 aromatic heterocycles. The summed E-state index contributed by atoms with van der Waals surface area (Å²) in [5.74, 6) is 0.117. The molecule has 3 rings (SSSR count). The highest BCUT2D eigenvalue weighted by Gasteiger charge is 2.24. The van der Waals surface area contributed by atoms with Crippen molar-refractivity contribution in [1.82, 2.24) is 5.32 Å². The Kier molecular flexibility index (Phi) is 5.52. The van der Waals surface area contributed by atoms with Crippen LogP contribution in [0.15, 0.2) is 54.6 Å². The largest absolute Gasteiger partial charge is 0.359 e. The van der Waals surface area contributed by atoms with Gasteiger partial charge in [0.05, 0.1) is 6.54 Å². The van der Waals surface area contributed by atoms with E-state index in [9.17, 15) is 4.79 Å². The average Bonchev–Trinajstić information content (AvgIpc) is 2.62. The van der Waals surface area contributed by atoms with E-state index >= 15 is 0 Å². The summed E-state index contributed by atoms with van der Waals surface area (Å²) >= 11 is 0. The van der Waals surface area contributed by atoms with E-state index in [1.807, 2.05) is 6.07 Å². The van der Waals surface area contributed by atoms with Crippen LogP contribution in [0.25, 0.3) is 0 Å². The summed E-state index contributed by atoms with van der Waals surface area (Å²) in [6, 6.07) is 19.3. The Bertz CT molecular complexity index is 669. The summed E-state index contributed by atoms with van der Waals surface area (Å²) in [7, 11) is 0. The van der Waals surface area contributed by atoms with Gasteiger partial charge in [0.15, 0.2) is 0 Å². The molecule has 24 heavy (non-hydrogen) atoms. The number of fused-ring (bicyclic) bond motifs is 1. The van der Waals surface area contributed by atoms with Crippen LogP contribution in [0.4, 0.5) is 5.69 Å². The molecule has 0 saturated carbocycles. The molecule has 0 unspecified atom stereocenters. The van der Waals surface area contributed by atoms with Crippen molar-refractivity contribution in [2.45, 2.75) is 38.6 Å². The van der Waals surface area contributed by atoms with Crippen molar-refractivity contribution in [2.75, 3.05) is 18.0 Å². The minimum absolute atomic E-state index is 0.117. The standard InChI is InChI=1S/C21H26N2O/c1-17-13-14-19-11-5-6-12-20(19)23(17)16-21(24)22-15-7-10-18-8-3-2-4-9-18/h2-6,8-9,11-12,17H,7,10,13-16H2,1H3,(H,22,24)/t17-/m0/s1. The topological polar surface area (TPSA) is 32.3 Å². The molecule has 0 spiro atoms. The first-order valence-electron chi connectivity index (χ1n) is 8.89. The fourth-order valence-electron chi connectivity index (χ4n) is 3.38. The lowest BCUT2D eigenvalue weighted by Crippen LogP contribution is -2.44. The molecule has 1 aliphatic heterocycles. The van der Waals surface area contributed by atoms with Crippen molar-refractivity contribution in [3.05, 3.63) is 65.7 Å². The van der Waals surface area contributed by atoms with Crippen LogP contribution in [-0.2, 0) is 17.6 Å². The molecule has 0 radical (unpaired) electrons. The number of para-hydroxylation sites is 1. The zero-order chi connectivity index (χ0) is 16.8. The van der Waals surface area contributed by atoms with Crippen molar-refractivity contribution in [3.8, 4) is 0 Å². The number of rotatable bonds is 6. The van der Waals surface area contributed by atoms with E-state index in [2.05, 4.69) is 65.7 Å². The van der Waals surface area contributed by atoms with E-state index in [1.165, 1.54) is 16.8 Å². The number of nitrogens with zero attached hydrogens (tertiary/aromatic N) is 1. The number of anilines is 1. The molecule has 1 amide bonds. The molecule has 3 nitrogen and oxygen atoms in total. The van der Waals surface area contributed by atoms with Crippen molar-refractivity contribution in [1.29, 1.82) is 0 Å². The fraction of sp³-hybridized carbons (Fsp3) is 0.381. The first-order chi connectivity index (χ1) is 11.7. The van der Waals surface area contributed by atoms with Crippen LogP contribution in [0.1, 0.15) is 30.9 Å². The maximum absolute atomic E-state index is 12.3. The van der Waals surface area contributed by atoms with Gasteiger partial charge in [-0.05, 0) is 49.8 Å². The van der Waals surface area contributed by atoms with E-state index in [4.69, 9.17) is 0 Å². The highest BCUT2D eigenvalue weighted by Crippen LogP contribution is 2.29. The lowest BCUT2D eigenvalue weighted by Gasteiger charge is -2.36. The first kappa shape index (κ1) is 16.6. The lowest BCUT2D eigenvalue weighted by atomic mass is 9.96. The van der Waals surface area contributed by atoms with Crippen LogP contribution in [0, 0.1) is 0 Å². The molecular formula is C21H26N2O. The predicted octanol–water partition coefficient (Wildman–Crippen LogP) is 3.58. The van der Waals surface area contributed by atoms with Gasteiger partial charge in [-0.3, -0.25) is 4.79 Å². The monoisotopic (exact) mass is 322 g/mol. The van der Waals surface area contributed by atoms with Crippen molar-refractivity contribution in [3.63, 3.8) is 0 Å².